The highest BCUT2D eigenvalue weighted by atomic mass is 35.5. The molecule has 0 unspecified atom stereocenters. The molecule has 0 N–H and O–H groups in total. The monoisotopic (exact) mass is 403 g/mol. The minimum atomic E-state index is 0.276. The average molecular weight is 405 g/mol. The fourth-order valence-corrected chi connectivity index (χ4v) is 3.30. The van der Waals surface area contributed by atoms with Gasteiger partial charge in [0.1, 0.15) is 12.1 Å². The van der Waals surface area contributed by atoms with E-state index in [2.05, 4.69) is 9.97 Å². The fraction of sp³-hybridized carbons (Fsp3) is 0.0526. The van der Waals surface area contributed by atoms with Crippen LogP contribution >= 0.6 is 34.8 Å². The van der Waals surface area contributed by atoms with Crippen LogP contribution in [0.2, 0.25) is 15.1 Å². The van der Waals surface area contributed by atoms with Crippen molar-refractivity contribution < 1.29 is 4.84 Å². The van der Waals surface area contributed by atoms with Gasteiger partial charge in [0, 0.05) is 27.4 Å². The standard InChI is InChI=1S/C19H12Cl3N3O/c20-13-7-8-14(16(22)10-13)19-24-18-17(6-3-9-23-18)25(19)26-11-12-4-1-2-5-15(12)21/h1-10H,11H2. The third kappa shape index (κ3) is 3.23. The Bertz CT molecular complexity index is 1090. The molecule has 0 radical (unpaired) electrons. The van der Waals surface area contributed by atoms with Gasteiger partial charge in [-0.2, -0.15) is 4.73 Å². The van der Waals surface area contributed by atoms with E-state index in [-0.39, 0.29) is 6.61 Å². The molecule has 0 saturated carbocycles. The maximum Gasteiger partial charge on any atom is 0.181 e. The van der Waals surface area contributed by atoms with Gasteiger partial charge in [0.15, 0.2) is 11.5 Å². The van der Waals surface area contributed by atoms with Crippen molar-refractivity contribution in [3.8, 4) is 11.4 Å². The number of rotatable bonds is 4. The van der Waals surface area contributed by atoms with Crippen molar-refractivity contribution in [3.63, 3.8) is 0 Å². The quantitative estimate of drug-likeness (QED) is 0.439. The predicted molar refractivity (Wildman–Crippen MR) is 105 cm³/mol. The highest BCUT2D eigenvalue weighted by Gasteiger charge is 2.17. The molecule has 130 valence electrons. The molecule has 0 saturated heterocycles. The molecular formula is C19H12Cl3N3O. The summed E-state index contributed by atoms with van der Waals surface area (Å²) in [7, 11) is 0. The molecule has 0 fully saturated rings. The number of aromatic nitrogens is 3. The first kappa shape index (κ1) is 17.2. The van der Waals surface area contributed by atoms with Crippen LogP contribution in [0, 0.1) is 0 Å². The Morgan fingerprint density at radius 2 is 1.77 bits per heavy atom. The normalized spacial score (nSPS) is 11.0. The summed E-state index contributed by atoms with van der Waals surface area (Å²) in [5.41, 5.74) is 2.87. The lowest BCUT2D eigenvalue weighted by Crippen LogP contribution is -2.13. The van der Waals surface area contributed by atoms with Gasteiger partial charge >= 0.3 is 0 Å². The molecule has 2 aromatic carbocycles. The largest absolute Gasteiger partial charge is 0.407 e. The van der Waals surface area contributed by atoms with Gasteiger partial charge < -0.3 is 4.84 Å². The summed E-state index contributed by atoms with van der Waals surface area (Å²) in [6, 6.07) is 16.5. The Morgan fingerprint density at radius 1 is 0.923 bits per heavy atom. The van der Waals surface area contributed by atoms with Crippen LogP contribution in [-0.2, 0) is 6.61 Å². The highest BCUT2D eigenvalue weighted by Crippen LogP contribution is 2.31. The van der Waals surface area contributed by atoms with E-state index < -0.39 is 0 Å². The Hall–Kier alpha value is -2.27. The van der Waals surface area contributed by atoms with Crippen molar-refractivity contribution in [2.45, 2.75) is 6.61 Å². The summed E-state index contributed by atoms with van der Waals surface area (Å²) >= 11 is 18.6. The van der Waals surface area contributed by atoms with Crippen LogP contribution in [0.15, 0.2) is 60.8 Å². The Morgan fingerprint density at radius 3 is 2.58 bits per heavy atom. The number of pyridine rings is 1. The third-order valence-corrected chi connectivity index (χ3v) is 4.78. The van der Waals surface area contributed by atoms with Crippen molar-refractivity contribution in [2.75, 3.05) is 0 Å². The van der Waals surface area contributed by atoms with Crippen LogP contribution in [0.4, 0.5) is 0 Å². The zero-order chi connectivity index (χ0) is 18.1. The second-order valence-electron chi connectivity index (χ2n) is 5.56. The summed E-state index contributed by atoms with van der Waals surface area (Å²) in [5.74, 6) is 0.549. The third-order valence-electron chi connectivity index (χ3n) is 3.87. The number of halogens is 3. The topological polar surface area (TPSA) is 39.9 Å². The lowest BCUT2D eigenvalue weighted by atomic mass is 10.2. The van der Waals surface area contributed by atoms with Crippen molar-refractivity contribution >= 4 is 46.0 Å². The van der Waals surface area contributed by atoms with Gasteiger partial charge in [-0.05, 0) is 36.4 Å². The maximum absolute atomic E-state index is 6.37. The van der Waals surface area contributed by atoms with Gasteiger partial charge in [-0.3, -0.25) is 0 Å². The molecule has 4 nitrogen and oxygen atoms in total. The average Bonchev–Trinajstić information content (AvgIpc) is 2.99. The van der Waals surface area contributed by atoms with Gasteiger partial charge in [-0.15, -0.1) is 0 Å². The molecule has 4 aromatic rings. The van der Waals surface area contributed by atoms with E-state index in [0.717, 1.165) is 11.1 Å². The van der Waals surface area contributed by atoms with Crippen LogP contribution in [0.3, 0.4) is 0 Å². The number of imidazole rings is 1. The smallest absolute Gasteiger partial charge is 0.181 e. The zero-order valence-corrected chi connectivity index (χ0v) is 15.6. The summed E-state index contributed by atoms with van der Waals surface area (Å²) in [4.78, 5) is 14.9. The Balaban J connectivity index is 1.80. The molecular weight excluding hydrogens is 393 g/mol. The van der Waals surface area contributed by atoms with Crippen molar-refractivity contribution in [2.24, 2.45) is 0 Å². The number of hydrogen-bond donors (Lipinski definition) is 0. The fourth-order valence-electron chi connectivity index (χ4n) is 2.61. The van der Waals surface area contributed by atoms with Gasteiger partial charge in [-0.1, -0.05) is 53.0 Å². The van der Waals surface area contributed by atoms with E-state index in [0.29, 0.717) is 32.1 Å². The number of hydrogen-bond acceptors (Lipinski definition) is 3. The van der Waals surface area contributed by atoms with Crippen LogP contribution in [0.25, 0.3) is 22.6 Å². The van der Waals surface area contributed by atoms with E-state index in [4.69, 9.17) is 39.6 Å². The molecule has 0 spiro atoms. The number of fused-ring (bicyclic) bond motifs is 1. The molecule has 0 amide bonds. The summed E-state index contributed by atoms with van der Waals surface area (Å²) in [5, 5.41) is 1.67. The van der Waals surface area contributed by atoms with Gasteiger partial charge in [-0.25, -0.2) is 9.97 Å². The number of benzene rings is 2. The second-order valence-corrected chi connectivity index (χ2v) is 6.82. The van der Waals surface area contributed by atoms with Crippen LogP contribution < -0.4 is 4.84 Å². The first-order chi connectivity index (χ1) is 12.6. The Labute approximate surface area is 164 Å². The minimum Gasteiger partial charge on any atom is -0.407 e. The van der Waals surface area contributed by atoms with Crippen LogP contribution in [0.5, 0.6) is 0 Å². The van der Waals surface area contributed by atoms with Gasteiger partial charge in [0.25, 0.3) is 0 Å². The molecule has 2 aromatic heterocycles. The second kappa shape index (κ2) is 7.16. The lowest BCUT2D eigenvalue weighted by Gasteiger charge is -2.12. The zero-order valence-electron chi connectivity index (χ0n) is 13.4. The first-order valence-electron chi connectivity index (χ1n) is 7.79. The Kier molecular flexibility index (Phi) is 4.72. The maximum atomic E-state index is 6.37. The molecule has 4 rings (SSSR count). The molecule has 0 aliphatic heterocycles. The van der Waals surface area contributed by atoms with Gasteiger partial charge in [0.2, 0.25) is 0 Å². The molecule has 0 aliphatic carbocycles. The van der Waals surface area contributed by atoms with Crippen molar-refractivity contribution in [1.29, 1.82) is 0 Å². The predicted octanol–water partition coefficient (Wildman–Crippen LogP) is 5.69. The molecule has 0 atom stereocenters. The molecule has 2 heterocycles. The van der Waals surface area contributed by atoms with E-state index in [1.54, 1.807) is 29.1 Å². The molecule has 7 heteroatoms. The first-order valence-corrected chi connectivity index (χ1v) is 8.92. The minimum absolute atomic E-state index is 0.276. The van der Waals surface area contributed by atoms with Crippen LogP contribution in [-0.4, -0.2) is 14.7 Å². The molecule has 0 bridgehead atoms. The van der Waals surface area contributed by atoms with Gasteiger partial charge in [0.05, 0.1) is 5.02 Å². The van der Waals surface area contributed by atoms with Crippen molar-refractivity contribution in [3.05, 3.63) is 81.4 Å². The molecule has 26 heavy (non-hydrogen) atoms. The highest BCUT2D eigenvalue weighted by molar-refractivity contribution is 6.36. The lowest BCUT2D eigenvalue weighted by molar-refractivity contribution is 0.110. The van der Waals surface area contributed by atoms with Crippen LogP contribution in [0.1, 0.15) is 5.56 Å². The summed E-state index contributed by atoms with van der Waals surface area (Å²) in [6.45, 7) is 0.276. The molecule has 0 aliphatic rings. The summed E-state index contributed by atoms with van der Waals surface area (Å²) in [6.07, 6.45) is 1.68. The van der Waals surface area contributed by atoms with E-state index in [1.165, 1.54) is 0 Å². The van der Waals surface area contributed by atoms with Crippen molar-refractivity contribution in [1.82, 2.24) is 14.7 Å². The van der Waals surface area contributed by atoms with E-state index in [1.807, 2.05) is 36.4 Å². The van der Waals surface area contributed by atoms with E-state index >= 15 is 0 Å². The van der Waals surface area contributed by atoms with E-state index in [9.17, 15) is 0 Å². The number of nitrogens with zero attached hydrogens (tertiary/aromatic N) is 3. The SMILES string of the molecule is Clc1ccc(-c2nc3ncccc3n2OCc2ccccc2Cl)c(Cl)c1. The summed E-state index contributed by atoms with van der Waals surface area (Å²) < 4.78 is 1.63.